The molecule has 0 bridgehead atoms. The zero-order chi connectivity index (χ0) is 15.5. The lowest BCUT2D eigenvalue weighted by Gasteiger charge is -2.04. The molecule has 0 aliphatic carbocycles. The number of halogens is 1. The molecule has 0 aliphatic rings. The van der Waals surface area contributed by atoms with Crippen molar-refractivity contribution in [3.05, 3.63) is 35.1 Å². The average Bonchev–Trinajstić information content (AvgIpc) is 2.48. The van der Waals surface area contributed by atoms with E-state index in [1.165, 1.54) is 51.0 Å². The molecule has 0 fully saturated rings. The van der Waals surface area contributed by atoms with E-state index in [4.69, 9.17) is 0 Å². The van der Waals surface area contributed by atoms with Crippen molar-refractivity contribution in [2.24, 2.45) is 0 Å². The van der Waals surface area contributed by atoms with Crippen molar-refractivity contribution >= 4 is 5.78 Å². The normalized spacial score (nSPS) is 10.8. The summed E-state index contributed by atoms with van der Waals surface area (Å²) in [4.78, 5) is 12.0. The largest absolute Gasteiger partial charge is 0.294 e. The molecule has 1 nitrogen and oxygen atoms in total. The van der Waals surface area contributed by atoms with Gasteiger partial charge in [0, 0.05) is 6.42 Å². The van der Waals surface area contributed by atoms with E-state index < -0.39 is 0 Å². The highest BCUT2D eigenvalue weighted by Crippen LogP contribution is 2.15. The second-order valence-electron chi connectivity index (χ2n) is 5.98. The molecule has 0 saturated heterocycles. The van der Waals surface area contributed by atoms with Crippen molar-refractivity contribution in [2.75, 3.05) is 0 Å². The van der Waals surface area contributed by atoms with E-state index in [2.05, 4.69) is 6.92 Å². The molecule has 1 aromatic rings. The Labute approximate surface area is 129 Å². The van der Waals surface area contributed by atoms with Crippen molar-refractivity contribution in [3.63, 3.8) is 0 Å². The van der Waals surface area contributed by atoms with Crippen LogP contribution in [0.15, 0.2) is 18.2 Å². The summed E-state index contributed by atoms with van der Waals surface area (Å²) in [6.45, 7) is 4.11. The van der Waals surface area contributed by atoms with E-state index >= 15 is 0 Å². The molecule has 0 atom stereocenters. The molecule has 1 aromatic carbocycles. The minimum Gasteiger partial charge on any atom is -0.294 e. The number of hydrogen-bond acceptors (Lipinski definition) is 1. The third kappa shape index (κ3) is 7.40. The third-order valence-corrected chi connectivity index (χ3v) is 3.93. The van der Waals surface area contributed by atoms with Crippen molar-refractivity contribution in [2.45, 2.75) is 78.1 Å². The monoisotopic (exact) mass is 292 g/mol. The molecule has 0 spiro atoms. The van der Waals surface area contributed by atoms with Gasteiger partial charge in [0.2, 0.25) is 0 Å². The maximum absolute atomic E-state index is 13.6. The van der Waals surface area contributed by atoms with Crippen LogP contribution in [0.25, 0.3) is 0 Å². The van der Waals surface area contributed by atoms with Gasteiger partial charge >= 0.3 is 0 Å². The van der Waals surface area contributed by atoms with Gasteiger partial charge in [0.1, 0.15) is 5.82 Å². The average molecular weight is 292 g/mol. The summed E-state index contributed by atoms with van der Waals surface area (Å²) in [6, 6.07) is 4.74. The quantitative estimate of drug-likeness (QED) is 0.348. The van der Waals surface area contributed by atoms with Gasteiger partial charge in [-0.3, -0.25) is 4.79 Å². The van der Waals surface area contributed by atoms with Gasteiger partial charge in [0.15, 0.2) is 5.78 Å². The topological polar surface area (TPSA) is 17.1 Å². The van der Waals surface area contributed by atoms with Crippen LogP contribution in [-0.2, 0) is 0 Å². The number of ketones is 1. The Bertz CT molecular complexity index is 426. The lowest BCUT2D eigenvalue weighted by Crippen LogP contribution is -2.02. The molecule has 0 amide bonds. The highest BCUT2D eigenvalue weighted by Gasteiger charge is 2.11. The van der Waals surface area contributed by atoms with E-state index in [-0.39, 0.29) is 17.2 Å². The minimum atomic E-state index is -0.387. The first kappa shape index (κ1) is 17.9. The Hall–Kier alpha value is -1.18. The molecule has 0 unspecified atom stereocenters. The number of carbonyl (C=O) groups excluding carboxylic acids is 1. The van der Waals surface area contributed by atoms with Crippen molar-refractivity contribution in [1.29, 1.82) is 0 Å². The maximum atomic E-state index is 13.6. The van der Waals surface area contributed by atoms with Crippen LogP contribution >= 0.6 is 0 Å². The van der Waals surface area contributed by atoms with E-state index in [9.17, 15) is 9.18 Å². The molecule has 0 aromatic heterocycles. The Kier molecular flexibility index (Phi) is 8.96. The Morgan fingerprint density at radius 1 is 0.952 bits per heavy atom. The Balaban J connectivity index is 2.12. The summed E-state index contributed by atoms with van der Waals surface area (Å²) in [6.07, 6.45) is 11.5. The standard InChI is InChI=1S/C19H29FO/c1-3-4-5-6-7-8-9-10-11-12-19(21)17-15-16(2)13-14-18(17)20/h13-15H,3-12H2,1-2H3. The number of hydrogen-bond donors (Lipinski definition) is 0. The molecular weight excluding hydrogens is 263 g/mol. The lowest BCUT2D eigenvalue weighted by atomic mass is 10.0. The fraction of sp³-hybridized carbons (Fsp3) is 0.632. The molecule has 0 N–H and O–H groups in total. The summed E-state index contributed by atoms with van der Waals surface area (Å²) in [5.74, 6) is -0.444. The predicted octanol–water partition coefficient (Wildman–Crippen LogP) is 6.24. The second-order valence-corrected chi connectivity index (χ2v) is 5.98. The third-order valence-electron chi connectivity index (χ3n) is 3.93. The summed E-state index contributed by atoms with van der Waals surface area (Å²) in [5, 5.41) is 0. The molecular formula is C19H29FO. The van der Waals surface area contributed by atoms with Crippen molar-refractivity contribution in [1.82, 2.24) is 0 Å². The van der Waals surface area contributed by atoms with Gasteiger partial charge < -0.3 is 0 Å². The molecule has 118 valence electrons. The lowest BCUT2D eigenvalue weighted by molar-refractivity contribution is 0.0975. The first-order chi connectivity index (χ1) is 10.1. The summed E-state index contributed by atoms with van der Waals surface area (Å²) >= 11 is 0. The highest BCUT2D eigenvalue weighted by molar-refractivity contribution is 5.96. The van der Waals surface area contributed by atoms with Gasteiger partial charge in [0.05, 0.1) is 5.56 Å². The van der Waals surface area contributed by atoms with Crippen molar-refractivity contribution in [3.8, 4) is 0 Å². The summed E-state index contributed by atoms with van der Waals surface area (Å²) in [5.41, 5.74) is 1.20. The van der Waals surface area contributed by atoms with Crippen molar-refractivity contribution < 1.29 is 9.18 Å². The van der Waals surface area contributed by atoms with Crippen LogP contribution in [0.3, 0.4) is 0 Å². The summed E-state index contributed by atoms with van der Waals surface area (Å²) < 4.78 is 13.6. The number of benzene rings is 1. The zero-order valence-electron chi connectivity index (χ0n) is 13.6. The van der Waals surface area contributed by atoms with Gasteiger partial charge in [-0.05, 0) is 25.5 Å². The second kappa shape index (κ2) is 10.5. The Morgan fingerprint density at radius 2 is 1.52 bits per heavy atom. The Morgan fingerprint density at radius 3 is 2.14 bits per heavy atom. The first-order valence-electron chi connectivity index (χ1n) is 8.44. The number of aryl methyl sites for hydroxylation is 1. The van der Waals surface area contributed by atoms with Gasteiger partial charge in [-0.15, -0.1) is 0 Å². The predicted molar refractivity (Wildman–Crippen MR) is 87.3 cm³/mol. The number of rotatable bonds is 11. The van der Waals surface area contributed by atoms with Gasteiger partial charge in [0.25, 0.3) is 0 Å². The molecule has 0 radical (unpaired) electrons. The number of Topliss-reactive ketones (excluding diaryl/α,β-unsaturated/α-hetero) is 1. The van der Waals surface area contributed by atoms with Crippen LogP contribution in [0.1, 0.15) is 87.1 Å². The fourth-order valence-corrected chi connectivity index (χ4v) is 2.58. The number of carbonyl (C=O) groups is 1. The maximum Gasteiger partial charge on any atom is 0.165 e. The number of unbranched alkanes of at least 4 members (excludes halogenated alkanes) is 8. The van der Waals surface area contributed by atoms with Crippen LogP contribution in [0.2, 0.25) is 0 Å². The van der Waals surface area contributed by atoms with Crippen LogP contribution < -0.4 is 0 Å². The molecule has 21 heavy (non-hydrogen) atoms. The van der Waals surface area contributed by atoms with E-state index in [0.717, 1.165) is 18.4 Å². The fourth-order valence-electron chi connectivity index (χ4n) is 2.58. The zero-order valence-corrected chi connectivity index (χ0v) is 13.6. The molecule has 0 saturated carbocycles. The SMILES string of the molecule is CCCCCCCCCCCC(=O)c1cc(C)ccc1F. The van der Waals surface area contributed by atoms with Crippen LogP contribution in [0.5, 0.6) is 0 Å². The highest BCUT2D eigenvalue weighted by atomic mass is 19.1. The van der Waals surface area contributed by atoms with E-state index in [1.54, 1.807) is 12.1 Å². The summed E-state index contributed by atoms with van der Waals surface area (Å²) in [7, 11) is 0. The molecule has 2 heteroatoms. The smallest absolute Gasteiger partial charge is 0.165 e. The van der Waals surface area contributed by atoms with Gasteiger partial charge in [-0.2, -0.15) is 0 Å². The van der Waals surface area contributed by atoms with E-state index in [1.807, 2.05) is 6.92 Å². The van der Waals surface area contributed by atoms with E-state index in [0.29, 0.717) is 6.42 Å². The van der Waals surface area contributed by atoms with Gasteiger partial charge in [-0.25, -0.2) is 4.39 Å². The van der Waals surface area contributed by atoms with Crippen LogP contribution in [-0.4, -0.2) is 5.78 Å². The van der Waals surface area contributed by atoms with Crippen LogP contribution in [0.4, 0.5) is 4.39 Å². The molecule has 1 rings (SSSR count). The molecule has 0 heterocycles. The van der Waals surface area contributed by atoms with Gasteiger partial charge in [-0.1, -0.05) is 69.9 Å². The first-order valence-corrected chi connectivity index (χ1v) is 8.44. The molecule has 0 aliphatic heterocycles. The van der Waals surface area contributed by atoms with Crippen LogP contribution in [0, 0.1) is 12.7 Å². The minimum absolute atomic E-state index is 0.0563.